The van der Waals surface area contributed by atoms with Crippen molar-refractivity contribution in [2.75, 3.05) is 13.2 Å². The predicted octanol–water partition coefficient (Wildman–Crippen LogP) is 10.0. The van der Waals surface area contributed by atoms with E-state index in [4.69, 9.17) is 19.3 Å². The van der Waals surface area contributed by atoms with Crippen molar-refractivity contribution in [3.8, 4) is 0 Å². The molecule has 4 N–H and O–H groups in total. The fourth-order valence-electron chi connectivity index (χ4n) is 5.04. The van der Waals surface area contributed by atoms with Crippen LogP contribution >= 0.6 is 7.82 Å². The number of aliphatic hydroxyl groups is 2. The molecule has 0 rings (SSSR count). The summed E-state index contributed by atoms with van der Waals surface area (Å²) in [6.45, 7) is 3.32. The zero-order valence-electron chi connectivity index (χ0n) is 33.1. The van der Waals surface area contributed by atoms with Crippen molar-refractivity contribution in [1.29, 1.82) is 0 Å². The van der Waals surface area contributed by atoms with Crippen molar-refractivity contribution < 1.29 is 48.2 Å². The van der Waals surface area contributed by atoms with Crippen LogP contribution in [0.4, 0.5) is 0 Å². The van der Waals surface area contributed by atoms with Gasteiger partial charge in [0.2, 0.25) is 0 Å². The molecule has 3 atom stereocenters. The minimum absolute atomic E-state index is 0.0244. The second kappa shape index (κ2) is 37.1. The Balaban J connectivity index is 4.24. The molecule has 54 heavy (non-hydrogen) atoms. The van der Waals surface area contributed by atoms with Gasteiger partial charge in [0.1, 0.15) is 6.61 Å². The van der Waals surface area contributed by atoms with Crippen LogP contribution in [0, 0.1) is 0 Å². The van der Waals surface area contributed by atoms with E-state index in [1.54, 1.807) is 36.5 Å². The van der Waals surface area contributed by atoms with Gasteiger partial charge in [-0.3, -0.25) is 14.1 Å². The number of aliphatic hydroxyl groups excluding tert-OH is 2. The highest BCUT2D eigenvalue weighted by molar-refractivity contribution is 7.46. The van der Waals surface area contributed by atoms with Crippen LogP contribution in [0.5, 0.6) is 0 Å². The Bertz CT molecular complexity index is 1180. The van der Waals surface area contributed by atoms with Crippen LogP contribution < -0.4 is 0 Å². The lowest BCUT2D eigenvalue weighted by molar-refractivity contribution is -0.161. The number of esters is 2. The molecule has 0 fully saturated rings. The van der Waals surface area contributed by atoms with Crippen molar-refractivity contribution in [3.63, 3.8) is 0 Å². The maximum atomic E-state index is 12.4. The first-order valence-corrected chi connectivity index (χ1v) is 21.6. The molecule has 0 amide bonds. The van der Waals surface area contributed by atoms with Gasteiger partial charge in [-0.2, -0.15) is 0 Å². The zero-order valence-corrected chi connectivity index (χ0v) is 34.0. The van der Waals surface area contributed by atoms with Crippen LogP contribution in [0.1, 0.15) is 142 Å². The largest absolute Gasteiger partial charge is 0.469 e. The first-order valence-electron chi connectivity index (χ1n) is 20.1. The monoisotopic (exact) mass is 778 g/mol. The van der Waals surface area contributed by atoms with E-state index in [-0.39, 0.29) is 19.4 Å². The molecule has 0 aromatic rings. The van der Waals surface area contributed by atoms with Gasteiger partial charge in [0.05, 0.1) is 18.8 Å². The number of hydrogen-bond donors (Lipinski definition) is 4. The topological polar surface area (TPSA) is 160 Å². The van der Waals surface area contributed by atoms with Gasteiger partial charge < -0.3 is 29.5 Å². The third-order valence-corrected chi connectivity index (χ3v) is 8.56. The average Bonchev–Trinajstić information content (AvgIpc) is 3.13. The molecule has 0 aromatic heterocycles. The van der Waals surface area contributed by atoms with E-state index in [9.17, 15) is 24.4 Å². The van der Waals surface area contributed by atoms with Crippen molar-refractivity contribution in [3.05, 3.63) is 85.1 Å². The van der Waals surface area contributed by atoms with Crippen molar-refractivity contribution in [1.82, 2.24) is 0 Å². The van der Waals surface area contributed by atoms with Crippen LogP contribution in [0.2, 0.25) is 0 Å². The predicted molar refractivity (Wildman–Crippen MR) is 219 cm³/mol. The molecule has 10 nitrogen and oxygen atoms in total. The summed E-state index contributed by atoms with van der Waals surface area (Å²) in [6.07, 6.45) is 42.4. The molecule has 0 aliphatic heterocycles. The van der Waals surface area contributed by atoms with Crippen molar-refractivity contribution in [2.24, 2.45) is 0 Å². The van der Waals surface area contributed by atoms with Gasteiger partial charge in [0.15, 0.2) is 6.10 Å². The molecule has 0 unspecified atom stereocenters. The maximum Gasteiger partial charge on any atom is 0.469 e. The van der Waals surface area contributed by atoms with E-state index >= 15 is 0 Å². The van der Waals surface area contributed by atoms with E-state index in [1.165, 1.54) is 38.5 Å². The number of carbonyl (C=O) groups is 2. The Morgan fingerprint density at radius 1 is 0.593 bits per heavy atom. The lowest BCUT2D eigenvalue weighted by Crippen LogP contribution is -2.29. The fraction of sp³-hybridized carbons (Fsp3) is 0.628. The fourth-order valence-corrected chi connectivity index (χ4v) is 5.40. The van der Waals surface area contributed by atoms with E-state index in [2.05, 4.69) is 23.6 Å². The standard InChI is InChI=1S/C43H71O10P/c1-3-5-7-8-9-10-11-12-13-14-15-16-17-21-29-35-42(46)51-37-41(38-52-54(48,49)50)53-43(47)36-30-22-19-18-20-26-32-40(45)34-28-24-23-27-33-39(44)31-25-6-4-2/h6,12-13,19-20,22-28,33-34,39-41,44-45H,3-5,7-11,14-18,21,29-32,35-38H2,1-2H3,(H2,48,49,50)/b13-12-,22-19-,24-23-,25-6-,26-20-,33-27+,34-28+/t39-,40+,41+/m0/s1. The Labute approximate surface area is 326 Å². The Hall–Kier alpha value is -2.85. The van der Waals surface area contributed by atoms with Crippen LogP contribution in [0.3, 0.4) is 0 Å². The number of phosphoric ester groups is 1. The summed E-state index contributed by atoms with van der Waals surface area (Å²) in [7, 11) is -4.81. The van der Waals surface area contributed by atoms with Crippen molar-refractivity contribution >= 4 is 19.8 Å². The number of allylic oxidation sites excluding steroid dienone is 10. The highest BCUT2D eigenvalue weighted by atomic mass is 31.2. The van der Waals surface area contributed by atoms with Crippen molar-refractivity contribution in [2.45, 2.75) is 161 Å². The molecule has 0 spiro atoms. The van der Waals surface area contributed by atoms with Gasteiger partial charge in [0.25, 0.3) is 0 Å². The Morgan fingerprint density at radius 2 is 1.13 bits per heavy atom. The van der Waals surface area contributed by atoms with Crippen LogP contribution in [-0.4, -0.2) is 63.5 Å². The second-order valence-corrected chi connectivity index (χ2v) is 14.5. The minimum Gasteiger partial charge on any atom is -0.462 e. The van der Waals surface area contributed by atoms with Crippen LogP contribution in [-0.2, 0) is 28.2 Å². The molecule has 0 heterocycles. The molecule has 11 heteroatoms. The zero-order chi connectivity index (χ0) is 40.0. The van der Waals surface area contributed by atoms with Crippen LogP contribution in [0.25, 0.3) is 0 Å². The lowest BCUT2D eigenvalue weighted by atomic mass is 10.1. The SMILES string of the molecule is CC/C=C\C[C@H](O)/C=C/C=C\C=C\[C@H](O)C/C=C\C/C=C\CCC(=O)O[C@H](COC(=O)CCCCCCC/C=C\CCCCCCCC)COP(=O)(O)O. The summed E-state index contributed by atoms with van der Waals surface area (Å²) < 4.78 is 26.2. The van der Waals surface area contributed by atoms with Gasteiger partial charge in [-0.15, -0.1) is 0 Å². The summed E-state index contributed by atoms with van der Waals surface area (Å²) in [6, 6.07) is 0. The number of unbranched alkanes of at least 4 members (excludes halogenated alkanes) is 11. The Morgan fingerprint density at radius 3 is 1.72 bits per heavy atom. The van der Waals surface area contributed by atoms with Gasteiger partial charge in [0, 0.05) is 12.8 Å². The summed E-state index contributed by atoms with van der Waals surface area (Å²) >= 11 is 0. The Kier molecular flexibility index (Phi) is 35.1. The number of ether oxygens (including phenoxy) is 2. The molecular formula is C43H71O10P. The van der Waals surface area contributed by atoms with E-state index in [0.29, 0.717) is 32.1 Å². The normalized spacial score (nSPS) is 14.6. The highest BCUT2D eigenvalue weighted by Crippen LogP contribution is 2.36. The summed E-state index contributed by atoms with van der Waals surface area (Å²) in [5.74, 6) is -1.07. The third-order valence-electron chi connectivity index (χ3n) is 8.08. The highest BCUT2D eigenvalue weighted by Gasteiger charge is 2.22. The van der Waals surface area contributed by atoms with Gasteiger partial charge >= 0.3 is 19.8 Å². The maximum absolute atomic E-state index is 12.4. The average molecular weight is 779 g/mol. The van der Waals surface area contributed by atoms with Crippen LogP contribution in [0.15, 0.2) is 85.1 Å². The first-order chi connectivity index (χ1) is 26.1. The molecule has 308 valence electrons. The molecular weight excluding hydrogens is 707 g/mol. The quantitative estimate of drug-likeness (QED) is 0.0160. The first kappa shape index (κ1) is 51.1. The van der Waals surface area contributed by atoms with E-state index < -0.39 is 44.7 Å². The molecule has 0 saturated heterocycles. The van der Waals surface area contributed by atoms with Gasteiger partial charge in [-0.25, -0.2) is 4.57 Å². The number of rotatable bonds is 35. The van der Waals surface area contributed by atoms with Gasteiger partial charge in [-0.1, -0.05) is 150 Å². The number of phosphoric acid groups is 1. The van der Waals surface area contributed by atoms with E-state index in [0.717, 1.165) is 44.9 Å². The van der Waals surface area contributed by atoms with E-state index in [1.807, 2.05) is 43.4 Å². The molecule has 0 radical (unpaired) electrons. The smallest absolute Gasteiger partial charge is 0.462 e. The number of carbonyl (C=O) groups excluding carboxylic acids is 2. The third kappa shape index (κ3) is 38.9. The molecule has 0 aliphatic carbocycles. The second-order valence-electron chi connectivity index (χ2n) is 13.3. The summed E-state index contributed by atoms with van der Waals surface area (Å²) in [4.78, 5) is 42.8. The molecule has 0 aliphatic rings. The number of hydrogen-bond acceptors (Lipinski definition) is 8. The molecule has 0 aromatic carbocycles. The van der Waals surface area contributed by atoms with Gasteiger partial charge in [-0.05, 0) is 64.2 Å². The summed E-state index contributed by atoms with van der Waals surface area (Å²) in [5, 5.41) is 19.9. The molecule has 0 bridgehead atoms. The molecule has 0 saturated carbocycles. The lowest BCUT2D eigenvalue weighted by Gasteiger charge is -2.18. The minimum atomic E-state index is -4.81. The summed E-state index contributed by atoms with van der Waals surface area (Å²) in [5.41, 5.74) is 0.